The molecule has 1 heterocycles. The molecule has 1 aromatic heterocycles. The van der Waals surface area contributed by atoms with Gasteiger partial charge in [-0.25, -0.2) is 0 Å². The Bertz CT molecular complexity index is 531. The SMILES string of the molecule is CC(CC(=O)O)c1ccc2c(cnn2C)c1. The van der Waals surface area contributed by atoms with Gasteiger partial charge in [-0.3, -0.25) is 9.48 Å². The number of aliphatic carboxylic acids is 1. The number of hydrogen-bond acceptors (Lipinski definition) is 2. The van der Waals surface area contributed by atoms with E-state index in [0.29, 0.717) is 0 Å². The second-order valence-corrected chi connectivity index (χ2v) is 4.09. The summed E-state index contributed by atoms with van der Waals surface area (Å²) in [6.45, 7) is 1.92. The number of aromatic nitrogens is 2. The maximum atomic E-state index is 10.6. The fourth-order valence-electron chi connectivity index (χ4n) is 1.87. The zero-order valence-corrected chi connectivity index (χ0v) is 9.34. The van der Waals surface area contributed by atoms with Crippen molar-refractivity contribution in [2.45, 2.75) is 19.3 Å². The minimum absolute atomic E-state index is 0.0297. The van der Waals surface area contributed by atoms with Crippen LogP contribution in [0.4, 0.5) is 0 Å². The molecule has 0 aliphatic carbocycles. The molecule has 84 valence electrons. The highest BCUT2D eigenvalue weighted by Gasteiger charge is 2.11. The van der Waals surface area contributed by atoms with Crippen molar-refractivity contribution < 1.29 is 9.90 Å². The van der Waals surface area contributed by atoms with Gasteiger partial charge >= 0.3 is 5.97 Å². The monoisotopic (exact) mass is 218 g/mol. The topological polar surface area (TPSA) is 55.1 Å². The zero-order valence-electron chi connectivity index (χ0n) is 9.34. The van der Waals surface area contributed by atoms with Gasteiger partial charge in [-0.15, -0.1) is 0 Å². The number of benzene rings is 1. The number of nitrogens with zero attached hydrogens (tertiary/aromatic N) is 2. The molecular formula is C12H14N2O2. The van der Waals surface area contributed by atoms with E-state index in [4.69, 9.17) is 5.11 Å². The number of fused-ring (bicyclic) bond motifs is 1. The van der Waals surface area contributed by atoms with E-state index < -0.39 is 5.97 Å². The van der Waals surface area contributed by atoms with Gasteiger partial charge in [0.05, 0.1) is 18.1 Å². The molecular weight excluding hydrogens is 204 g/mol. The molecule has 4 heteroatoms. The van der Waals surface area contributed by atoms with Crippen LogP contribution in [0.3, 0.4) is 0 Å². The van der Waals surface area contributed by atoms with Gasteiger partial charge in [0.15, 0.2) is 0 Å². The number of carboxylic acids is 1. The Labute approximate surface area is 93.5 Å². The van der Waals surface area contributed by atoms with Gasteiger partial charge in [0.2, 0.25) is 0 Å². The Morgan fingerprint density at radius 1 is 1.56 bits per heavy atom. The Morgan fingerprint density at radius 2 is 2.31 bits per heavy atom. The van der Waals surface area contributed by atoms with Crippen LogP contribution in [0.5, 0.6) is 0 Å². The van der Waals surface area contributed by atoms with Gasteiger partial charge in [-0.1, -0.05) is 13.0 Å². The van der Waals surface area contributed by atoms with Crippen LogP contribution in [-0.2, 0) is 11.8 Å². The Hall–Kier alpha value is -1.84. The first-order chi connectivity index (χ1) is 7.58. The molecule has 0 spiro atoms. The van der Waals surface area contributed by atoms with Gasteiger partial charge in [-0.05, 0) is 23.6 Å². The molecule has 16 heavy (non-hydrogen) atoms. The standard InChI is InChI=1S/C12H14N2O2/c1-8(5-12(15)16)9-3-4-11-10(6-9)7-13-14(11)2/h3-4,6-8H,5H2,1-2H3,(H,15,16). The summed E-state index contributed by atoms with van der Waals surface area (Å²) < 4.78 is 1.81. The van der Waals surface area contributed by atoms with E-state index in [1.165, 1.54) is 0 Å². The van der Waals surface area contributed by atoms with Crippen LogP contribution in [0.1, 0.15) is 24.8 Å². The molecule has 0 bridgehead atoms. The fraction of sp³-hybridized carbons (Fsp3) is 0.333. The second kappa shape index (κ2) is 3.96. The van der Waals surface area contributed by atoms with Gasteiger partial charge in [0, 0.05) is 12.4 Å². The summed E-state index contributed by atoms with van der Waals surface area (Å²) >= 11 is 0. The summed E-state index contributed by atoms with van der Waals surface area (Å²) in [5.74, 6) is -0.735. The molecule has 0 amide bonds. The highest BCUT2D eigenvalue weighted by molar-refractivity contribution is 5.79. The maximum Gasteiger partial charge on any atom is 0.303 e. The average molecular weight is 218 g/mol. The first kappa shape index (κ1) is 10.7. The normalized spacial score (nSPS) is 12.9. The van der Waals surface area contributed by atoms with Gasteiger partial charge in [-0.2, -0.15) is 5.10 Å². The predicted molar refractivity (Wildman–Crippen MR) is 61.4 cm³/mol. The summed E-state index contributed by atoms with van der Waals surface area (Å²) in [6, 6.07) is 5.96. The fourth-order valence-corrected chi connectivity index (χ4v) is 1.87. The summed E-state index contributed by atoms with van der Waals surface area (Å²) in [4.78, 5) is 10.6. The lowest BCUT2D eigenvalue weighted by atomic mass is 9.97. The summed E-state index contributed by atoms with van der Waals surface area (Å²) in [5.41, 5.74) is 2.11. The molecule has 0 aliphatic rings. The Balaban J connectivity index is 2.35. The largest absolute Gasteiger partial charge is 0.481 e. The van der Waals surface area contributed by atoms with Crippen LogP contribution < -0.4 is 0 Å². The summed E-state index contributed by atoms with van der Waals surface area (Å²) in [6.07, 6.45) is 1.96. The van der Waals surface area contributed by atoms with E-state index >= 15 is 0 Å². The highest BCUT2D eigenvalue weighted by Crippen LogP contribution is 2.23. The minimum Gasteiger partial charge on any atom is -0.481 e. The van der Waals surface area contributed by atoms with Crippen molar-refractivity contribution >= 4 is 16.9 Å². The van der Waals surface area contributed by atoms with E-state index in [0.717, 1.165) is 16.5 Å². The first-order valence-electron chi connectivity index (χ1n) is 5.21. The van der Waals surface area contributed by atoms with E-state index in [1.807, 2.05) is 32.2 Å². The van der Waals surface area contributed by atoms with Crippen molar-refractivity contribution in [3.8, 4) is 0 Å². The van der Waals surface area contributed by atoms with Crippen LogP contribution in [0, 0.1) is 0 Å². The second-order valence-electron chi connectivity index (χ2n) is 4.09. The molecule has 1 unspecified atom stereocenters. The van der Waals surface area contributed by atoms with Crippen molar-refractivity contribution in [3.05, 3.63) is 30.0 Å². The molecule has 0 fully saturated rings. The molecule has 1 N–H and O–H groups in total. The predicted octanol–water partition coefficient (Wildman–Crippen LogP) is 2.15. The average Bonchev–Trinajstić information content (AvgIpc) is 2.59. The van der Waals surface area contributed by atoms with Crippen LogP contribution >= 0.6 is 0 Å². The summed E-state index contributed by atoms with van der Waals surface area (Å²) in [5, 5.41) is 14.0. The summed E-state index contributed by atoms with van der Waals surface area (Å²) in [7, 11) is 1.89. The number of aryl methyl sites for hydroxylation is 1. The van der Waals surface area contributed by atoms with Crippen molar-refractivity contribution in [2.24, 2.45) is 7.05 Å². The van der Waals surface area contributed by atoms with Crippen molar-refractivity contribution in [1.29, 1.82) is 0 Å². The smallest absolute Gasteiger partial charge is 0.303 e. The van der Waals surface area contributed by atoms with Crippen LogP contribution in [0.2, 0.25) is 0 Å². The maximum absolute atomic E-state index is 10.6. The molecule has 0 radical (unpaired) electrons. The molecule has 0 saturated heterocycles. The number of carbonyl (C=O) groups is 1. The first-order valence-corrected chi connectivity index (χ1v) is 5.21. The quantitative estimate of drug-likeness (QED) is 0.858. The molecule has 0 aliphatic heterocycles. The Kier molecular flexibility index (Phi) is 2.64. The third-order valence-electron chi connectivity index (χ3n) is 2.82. The van der Waals surface area contributed by atoms with E-state index in [9.17, 15) is 4.79 Å². The minimum atomic E-state index is -0.765. The Morgan fingerprint density at radius 3 is 3.00 bits per heavy atom. The third kappa shape index (κ3) is 1.91. The van der Waals surface area contributed by atoms with Crippen molar-refractivity contribution in [1.82, 2.24) is 9.78 Å². The number of carboxylic acid groups (broad SMARTS) is 1. The highest BCUT2D eigenvalue weighted by atomic mass is 16.4. The van der Waals surface area contributed by atoms with Gasteiger partial charge < -0.3 is 5.11 Å². The van der Waals surface area contributed by atoms with Crippen molar-refractivity contribution in [2.75, 3.05) is 0 Å². The molecule has 0 saturated carbocycles. The van der Waals surface area contributed by atoms with Crippen LogP contribution in [-0.4, -0.2) is 20.9 Å². The molecule has 1 aromatic carbocycles. The lowest BCUT2D eigenvalue weighted by Crippen LogP contribution is -2.02. The molecule has 2 aromatic rings. The van der Waals surface area contributed by atoms with E-state index in [2.05, 4.69) is 5.10 Å². The lowest BCUT2D eigenvalue weighted by Gasteiger charge is -2.08. The van der Waals surface area contributed by atoms with Crippen LogP contribution in [0.15, 0.2) is 24.4 Å². The van der Waals surface area contributed by atoms with Crippen molar-refractivity contribution in [3.63, 3.8) is 0 Å². The van der Waals surface area contributed by atoms with E-state index in [-0.39, 0.29) is 12.3 Å². The van der Waals surface area contributed by atoms with Crippen LogP contribution in [0.25, 0.3) is 10.9 Å². The number of hydrogen-bond donors (Lipinski definition) is 1. The van der Waals surface area contributed by atoms with Gasteiger partial charge in [0.25, 0.3) is 0 Å². The van der Waals surface area contributed by atoms with E-state index in [1.54, 1.807) is 10.9 Å². The zero-order chi connectivity index (χ0) is 11.7. The molecule has 2 rings (SSSR count). The lowest BCUT2D eigenvalue weighted by molar-refractivity contribution is -0.137. The van der Waals surface area contributed by atoms with Gasteiger partial charge in [0.1, 0.15) is 0 Å². The third-order valence-corrected chi connectivity index (χ3v) is 2.82. The number of rotatable bonds is 3. The molecule has 4 nitrogen and oxygen atoms in total. The molecule has 1 atom stereocenters.